The van der Waals surface area contributed by atoms with Gasteiger partial charge < -0.3 is 20.1 Å². The largest absolute Gasteiger partial charge is 0.507 e. The van der Waals surface area contributed by atoms with Crippen molar-refractivity contribution in [3.63, 3.8) is 0 Å². The molecule has 2 aromatic rings. The molecule has 7 nitrogen and oxygen atoms in total. The van der Waals surface area contributed by atoms with Gasteiger partial charge in [-0.05, 0) is 50.0 Å². The summed E-state index contributed by atoms with van der Waals surface area (Å²) in [5, 5.41) is 13.1. The highest BCUT2D eigenvalue weighted by Crippen LogP contribution is 2.24. The number of hydrogen-bond donors (Lipinski definition) is 2. The first-order chi connectivity index (χ1) is 16.9. The third kappa shape index (κ3) is 7.98. The molecule has 7 heteroatoms. The maximum Gasteiger partial charge on any atom is 0.247 e. The second-order valence-corrected chi connectivity index (χ2v) is 8.98. The number of amides is 2. The van der Waals surface area contributed by atoms with Gasteiger partial charge in [0, 0.05) is 24.7 Å². The van der Waals surface area contributed by atoms with Gasteiger partial charge in [0.05, 0.1) is 19.2 Å². The summed E-state index contributed by atoms with van der Waals surface area (Å²) in [4.78, 5) is 39.7. The molecule has 2 amide bonds. The number of rotatable bonds is 10. The van der Waals surface area contributed by atoms with E-state index in [1.165, 1.54) is 30.6 Å². The molecule has 0 heterocycles. The normalized spacial score (nSPS) is 14.0. The van der Waals surface area contributed by atoms with Gasteiger partial charge in [0.2, 0.25) is 11.8 Å². The van der Waals surface area contributed by atoms with E-state index >= 15 is 0 Å². The van der Waals surface area contributed by atoms with E-state index in [0.29, 0.717) is 18.7 Å². The predicted octanol–water partition coefficient (Wildman–Crippen LogP) is 3.97. The number of nitrogens with one attached hydrogen (secondary N) is 1. The molecule has 0 radical (unpaired) electrons. The van der Waals surface area contributed by atoms with Gasteiger partial charge in [0.15, 0.2) is 5.78 Å². The van der Waals surface area contributed by atoms with Crippen molar-refractivity contribution >= 4 is 17.6 Å². The highest BCUT2D eigenvalue weighted by molar-refractivity contribution is 6.09. The van der Waals surface area contributed by atoms with Gasteiger partial charge in [-0.15, -0.1) is 0 Å². The Morgan fingerprint density at radius 2 is 1.86 bits per heavy atom. The molecule has 1 fully saturated rings. The SMILES string of the molecule is COc1ccc(C(=O)/C=C/C(=O)N(CCc2cccc(C)c2)CC(=O)NC2CCCCC2)c(O)c1. The summed E-state index contributed by atoms with van der Waals surface area (Å²) in [7, 11) is 1.46. The maximum atomic E-state index is 13.0. The van der Waals surface area contributed by atoms with Crippen LogP contribution in [0.1, 0.15) is 53.6 Å². The smallest absolute Gasteiger partial charge is 0.247 e. The second kappa shape index (κ2) is 12.7. The first-order valence-corrected chi connectivity index (χ1v) is 12.1. The summed E-state index contributed by atoms with van der Waals surface area (Å²) in [5.41, 5.74) is 2.26. The fraction of sp³-hybridized carbons (Fsp3) is 0.393. The Kier molecular flexibility index (Phi) is 9.47. The lowest BCUT2D eigenvalue weighted by molar-refractivity contribution is -0.132. The molecular weight excluding hydrogens is 444 g/mol. The number of methoxy groups -OCH3 is 1. The molecule has 186 valence electrons. The van der Waals surface area contributed by atoms with Gasteiger partial charge in [-0.2, -0.15) is 0 Å². The van der Waals surface area contributed by atoms with Gasteiger partial charge in [-0.1, -0.05) is 49.1 Å². The summed E-state index contributed by atoms with van der Waals surface area (Å²) in [5.74, 6) is -0.941. The number of carbonyl (C=O) groups is 3. The molecule has 2 aromatic carbocycles. The van der Waals surface area contributed by atoms with Crippen molar-refractivity contribution < 1.29 is 24.2 Å². The van der Waals surface area contributed by atoms with Gasteiger partial charge in [-0.25, -0.2) is 0 Å². The number of ether oxygens (including phenoxy) is 1. The maximum absolute atomic E-state index is 13.0. The van der Waals surface area contributed by atoms with Crippen LogP contribution in [-0.2, 0) is 16.0 Å². The van der Waals surface area contributed by atoms with E-state index in [9.17, 15) is 19.5 Å². The molecule has 35 heavy (non-hydrogen) atoms. The molecule has 3 rings (SSSR count). The number of carbonyl (C=O) groups excluding carboxylic acids is 3. The van der Waals surface area contributed by atoms with E-state index in [0.717, 1.165) is 49.0 Å². The minimum absolute atomic E-state index is 0.0659. The van der Waals surface area contributed by atoms with Crippen LogP contribution in [0, 0.1) is 6.92 Å². The number of phenols is 1. The lowest BCUT2D eigenvalue weighted by atomic mass is 9.95. The molecule has 0 atom stereocenters. The second-order valence-electron chi connectivity index (χ2n) is 8.98. The molecule has 1 saturated carbocycles. The average molecular weight is 479 g/mol. The van der Waals surface area contributed by atoms with Crippen LogP contribution in [0.25, 0.3) is 0 Å². The zero-order valence-corrected chi connectivity index (χ0v) is 20.5. The van der Waals surface area contributed by atoms with Gasteiger partial charge >= 0.3 is 0 Å². The van der Waals surface area contributed by atoms with E-state index in [2.05, 4.69) is 11.4 Å². The Morgan fingerprint density at radius 3 is 2.54 bits per heavy atom. The van der Waals surface area contributed by atoms with Crippen LogP contribution in [-0.4, -0.2) is 53.8 Å². The van der Waals surface area contributed by atoms with Crippen LogP contribution < -0.4 is 10.1 Å². The van der Waals surface area contributed by atoms with Crippen molar-refractivity contribution in [1.29, 1.82) is 0 Å². The van der Waals surface area contributed by atoms with Crippen LogP contribution in [0.2, 0.25) is 0 Å². The van der Waals surface area contributed by atoms with Crippen LogP contribution in [0.4, 0.5) is 0 Å². The predicted molar refractivity (Wildman–Crippen MR) is 135 cm³/mol. The number of aromatic hydroxyl groups is 1. The van der Waals surface area contributed by atoms with E-state index < -0.39 is 11.7 Å². The lowest BCUT2D eigenvalue weighted by Crippen LogP contribution is -2.45. The van der Waals surface area contributed by atoms with Crippen LogP contribution in [0.3, 0.4) is 0 Å². The molecule has 0 unspecified atom stereocenters. The Hall–Kier alpha value is -3.61. The first-order valence-electron chi connectivity index (χ1n) is 12.1. The molecule has 2 N–H and O–H groups in total. The summed E-state index contributed by atoms with van der Waals surface area (Å²) in [6, 6.07) is 12.5. The summed E-state index contributed by atoms with van der Waals surface area (Å²) >= 11 is 0. The molecule has 1 aliphatic carbocycles. The molecule has 0 aliphatic heterocycles. The van der Waals surface area contributed by atoms with Gasteiger partial charge in [0.25, 0.3) is 0 Å². The molecule has 1 aliphatic rings. The lowest BCUT2D eigenvalue weighted by Gasteiger charge is -2.25. The van der Waals surface area contributed by atoms with Crippen molar-refractivity contribution in [3.8, 4) is 11.5 Å². The van der Waals surface area contributed by atoms with E-state index in [1.54, 1.807) is 6.07 Å². The standard InChI is InChI=1S/C28H34N2O5/c1-20-7-6-8-21(17-20)15-16-30(19-27(33)29-22-9-4-3-5-10-22)28(34)14-13-25(31)24-12-11-23(35-2)18-26(24)32/h6-8,11-14,17-18,22,32H,3-5,9-10,15-16,19H2,1-2H3,(H,29,33)/b14-13+. The first kappa shape index (κ1) is 26.0. The fourth-order valence-electron chi connectivity index (χ4n) is 4.28. The van der Waals surface area contributed by atoms with Crippen molar-refractivity contribution in [2.24, 2.45) is 0 Å². The number of hydrogen-bond acceptors (Lipinski definition) is 5. The Bertz CT molecular complexity index is 1070. The third-order valence-electron chi connectivity index (χ3n) is 6.22. The number of ketones is 1. The van der Waals surface area contributed by atoms with Crippen LogP contribution in [0.5, 0.6) is 11.5 Å². The zero-order valence-electron chi connectivity index (χ0n) is 20.5. The summed E-state index contributed by atoms with van der Waals surface area (Å²) in [6.45, 7) is 2.27. The van der Waals surface area contributed by atoms with E-state index in [4.69, 9.17) is 4.74 Å². The fourth-order valence-corrected chi connectivity index (χ4v) is 4.28. The summed E-state index contributed by atoms with van der Waals surface area (Å²) in [6.07, 6.45) is 8.19. The molecule has 0 spiro atoms. The van der Waals surface area contributed by atoms with Gasteiger partial charge in [-0.3, -0.25) is 14.4 Å². The van der Waals surface area contributed by atoms with E-state index in [-0.39, 0.29) is 29.8 Å². The Labute approximate surface area is 206 Å². The van der Waals surface area contributed by atoms with Crippen molar-refractivity contribution in [2.75, 3.05) is 20.2 Å². The van der Waals surface area contributed by atoms with Crippen LogP contribution >= 0.6 is 0 Å². The highest BCUT2D eigenvalue weighted by atomic mass is 16.5. The van der Waals surface area contributed by atoms with Gasteiger partial charge in [0.1, 0.15) is 11.5 Å². The number of aryl methyl sites for hydroxylation is 1. The van der Waals surface area contributed by atoms with Crippen molar-refractivity contribution in [3.05, 3.63) is 71.3 Å². The number of benzene rings is 2. The minimum Gasteiger partial charge on any atom is -0.507 e. The number of nitrogens with zero attached hydrogens (tertiary/aromatic N) is 1. The molecule has 0 bridgehead atoms. The quantitative estimate of drug-likeness (QED) is 0.398. The molecular formula is C28H34N2O5. The number of phenolic OH excluding ortho intramolecular Hbond substituents is 1. The topological polar surface area (TPSA) is 95.9 Å². The number of allylic oxidation sites excluding steroid dienone is 1. The summed E-state index contributed by atoms with van der Waals surface area (Å²) < 4.78 is 5.03. The highest BCUT2D eigenvalue weighted by Gasteiger charge is 2.20. The molecule has 0 saturated heterocycles. The van der Waals surface area contributed by atoms with E-state index in [1.807, 2.05) is 25.1 Å². The monoisotopic (exact) mass is 478 g/mol. The van der Waals surface area contributed by atoms with Crippen LogP contribution in [0.15, 0.2) is 54.6 Å². The average Bonchev–Trinajstić information content (AvgIpc) is 2.85. The minimum atomic E-state index is -0.510. The van der Waals surface area contributed by atoms with Crippen molar-refractivity contribution in [1.82, 2.24) is 10.2 Å². The third-order valence-corrected chi connectivity index (χ3v) is 6.22. The Morgan fingerprint density at radius 1 is 1.09 bits per heavy atom. The zero-order chi connectivity index (χ0) is 25.2. The Balaban J connectivity index is 1.68. The molecule has 0 aromatic heterocycles. The van der Waals surface area contributed by atoms with Crippen molar-refractivity contribution in [2.45, 2.75) is 51.5 Å².